The highest BCUT2D eigenvalue weighted by molar-refractivity contribution is 6.62. The Labute approximate surface area is 106 Å². The van der Waals surface area contributed by atoms with Crippen molar-refractivity contribution in [2.75, 3.05) is 0 Å². The molecule has 0 radical (unpaired) electrons. The van der Waals surface area contributed by atoms with E-state index in [0.29, 0.717) is 19.0 Å². The van der Waals surface area contributed by atoms with Crippen LogP contribution in [0.25, 0.3) is 0 Å². The number of rotatable bonds is 3. The Bertz CT molecular complexity index is 542. The molecule has 0 amide bonds. The monoisotopic (exact) mass is 240 g/mol. The molecule has 0 unspecified atom stereocenters. The van der Waals surface area contributed by atoms with Crippen LogP contribution in [0.5, 0.6) is 5.75 Å². The number of hydrogen-bond acceptors (Lipinski definition) is 3. The fraction of sp³-hybridized carbons (Fsp3) is 0.143. The first-order valence-electron chi connectivity index (χ1n) is 5.93. The maximum atomic E-state index is 9.76. The van der Waals surface area contributed by atoms with E-state index in [2.05, 4.69) is 0 Å². The maximum absolute atomic E-state index is 9.76. The molecule has 0 bridgehead atoms. The molecule has 1 N–H and O–H groups in total. The van der Waals surface area contributed by atoms with Gasteiger partial charge in [0.15, 0.2) is 0 Å². The third-order valence-corrected chi connectivity index (χ3v) is 3.04. The van der Waals surface area contributed by atoms with Crippen LogP contribution in [0, 0.1) is 0 Å². The average molecular weight is 240 g/mol. The van der Waals surface area contributed by atoms with Gasteiger partial charge in [-0.1, -0.05) is 42.5 Å². The first-order valence-corrected chi connectivity index (χ1v) is 5.93. The van der Waals surface area contributed by atoms with Gasteiger partial charge in [-0.25, -0.2) is 0 Å². The molecule has 0 saturated heterocycles. The molecule has 1 aliphatic heterocycles. The zero-order valence-corrected chi connectivity index (χ0v) is 9.87. The quantitative estimate of drug-likeness (QED) is 0.826. The summed E-state index contributed by atoms with van der Waals surface area (Å²) in [4.78, 5) is 0. The normalized spacial score (nSPS) is 13.5. The molecule has 2 aromatic carbocycles. The molecule has 18 heavy (non-hydrogen) atoms. The lowest BCUT2D eigenvalue weighted by atomic mass is 9.79. The lowest BCUT2D eigenvalue weighted by Crippen LogP contribution is -2.29. The summed E-state index contributed by atoms with van der Waals surface area (Å²) >= 11 is 0. The van der Waals surface area contributed by atoms with Crippen LogP contribution < -0.4 is 10.2 Å². The van der Waals surface area contributed by atoms with Crippen LogP contribution in [-0.4, -0.2) is 12.1 Å². The van der Waals surface area contributed by atoms with Crippen molar-refractivity contribution in [1.29, 1.82) is 0 Å². The fourth-order valence-electron chi connectivity index (χ4n) is 2.11. The predicted molar refractivity (Wildman–Crippen MR) is 69.6 cm³/mol. The van der Waals surface area contributed by atoms with Gasteiger partial charge >= 0.3 is 7.12 Å². The minimum atomic E-state index is -0.869. The molecule has 90 valence electrons. The van der Waals surface area contributed by atoms with Crippen LogP contribution in [0.4, 0.5) is 0 Å². The van der Waals surface area contributed by atoms with Crippen molar-refractivity contribution in [3.05, 3.63) is 59.7 Å². The van der Waals surface area contributed by atoms with E-state index in [9.17, 15) is 5.02 Å². The molecule has 3 nitrogen and oxygen atoms in total. The molecular weight excluding hydrogens is 227 g/mol. The van der Waals surface area contributed by atoms with Crippen LogP contribution in [0.1, 0.15) is 11.1 Å². The standard InChI is InChI=1S/C14H13BO3/c16-15-14-12(10-18-15)7-4-8-13(14)17-9-11-5-2-1-3-6-11/h1-8,16H,9-10H2. The summed E-state index contributed by atoms with van der Waals surface area (Å²) in [5, 5.41) is 9.76. The molecular formula is C14H13BO3. The molecule has 0 atom stereocenters. The summed E-state index contributed by atoms with van der Waals surface area (Å²) in [6.45, 7) is 0.934. The van der Waals surface area contributed by atoms with E-state index >= 15 is 0 Å². The van der Waals surface area contributed by atoms with Crippen molar-refractivity contribution in [3.8, 4) is 5.75 Å². The highest BCUT2D eigenvalue weighted by Crippen LogP contribution is 2.19. The van der Waals surface area contributed by atoms with Gasteiger partial charge in [-0.05, 0) is 17.2 Å². The third kappa shape index (κ3) is 2.12. The first-order chi connectivity index (χ1) is 8.84. The van der Waals surface area contributed by atoms with E-state index in [-0.39, 0.29) is 0 Å². The number of ether oxygens (including phenoxy) is 1. The van der Waals surface area contributed by atoms with Gasteiger partial charge in [0.1, 0.15) is 12.4 Å². The summed E-state index contributed by atoms with van der Waals surface area (Å²) in [6, 6.07) is 15.7. The van der Waals surface area contributed by atoms with Crippen molar-refractivity contribution in [3.63, 3.8) is 0 Å². The van der Waals surface area contributed by atoms with E-state index < -0.39 is 7.12 Å². The van der Waals surface area contributed by atoms with Gasteiger partial charge in [0, 0.05) is 5.46 Å². The summed E-state index contributed by atoms with van der Waals surface area (Å²) in [5.74, 6) is 0.696. The van der Waals surface area contributed by atoms with E-state index in [4.69, 9.17) is 9.39 Å². The van der Waals surface area contributed by atoms with E-state index in [0.717, 1.165) is 16.6 Å². The second kappa shape index (κ2) is 4.84. The Balaban J connectivity index is 1.80. The van der Waals surface area contributed by atoms with Crippen LogP contribution in [0.15, 0.2) is 48.5 Å². The lowest BCUT2D eigenvalue weighted by Gasteiger charge is -2.10. The Morgan fingerprint density at radius 3 is 2.78 bits per heavy atom. The lowest BCUT2D eigenvalue weighted by molar-refractivity contribution is 0.274. The minimum absolute atomic E-state index is 0.443. The minimum Gasteiger partial charge on any atom is -0.489 e. The van der Waals surface area contributed by atoms with Crippen LogP contribution in [0.2, 0.25) is 0 Å². The topological polar surface area (TPSA) is 38.7 Å². The van der Waals surface area contributed by atoms with Crippen LogP contribution >= 0.6 is 0 Å². The van der Waals surface area contributed by atoms with Crippen molar-refractivity contribution >= 4 is 12.6 Å². The van der Waals surface area contributed by atoms with Gasteiger partial charge in [-0.15, -0.1) is 0 Å². The van der Waals surface area contributed by atoms with E-state index in [1.54, 1.807) is 0 Å². The van der Waals surface area contributed by atoms with Crippen molar-refractivity contribution in [2.24, 2.45) is 0 Å². The summed E-state index contributed by atoms with van der Waals surface area (Å²) in [6.07, 6.45) is 0. The SMILES string of the molecule is OB1OCc2cccc(OCc3ccccc3)c21. The molecule has 0 aliphatic carbocycles. The van der Waals surface area contributed by atoms with Crippen molar-refractivity contribution < 1.29 is 14.4 Å². The second-order valence-corrected chi connectivity index (χ2v) is 4.27. The number of hydrogen-bond donors (Lipinski definition) is 1. The largest absolute Gasteiger partial charge is 0.495 e. The summed E-state index contributed by atoms with van der Waals surface area (Å²) < 4.78 is 11.0. The average Bonchev–Trinajstić information content (AvgIpc) is 2.80. The van der Waals surface area contributed by atoms with Crippen molar-refractivity contribution in [1.82, 2.24) is 0 Å². The Hall–Kier alpha value is -1.78. The summed E-state index contributed by atoms with van der Waals surface area (Å²) in [7, 11) is -0.869. The van der Waals surface area contributed by atoms with Gasteiger partial charge in [-0.3, -0.25) is 0 Å². The smallest absolute Gasteiger partial charge is 0.489 e. The molecule has 1 heterocycles. The molecule has 0 saturated carbocycles. The van der Waals surface area contributed by atoms with Crippen LogP contribution in [0.3, 0.4) is 0 Å². The zero-order chi connectivity index (χ0) is 12.4. The molecule has 0 fully saturated rings. The van der Waals surface area contributed by atoms with Crippen molar-refractivity contribution in [2.45, 2.75) is 13.2 Å². The molecule has 0 aromatic heterocycles. The van der Waals surface area contributed by atoms with Crippen LogP contribution in [-0.2, 0) is 17.9 Å². The highest BCUT2D eigenvalue weighted by Gasteiger charge is 2.30. The molecule has 4 heteroatoms. The van der Waals surface area contributed by atoms with Gasteiger partial charge in [0.25, 0.3) is 0 Å². The summed E-state index contributed by atoms with van der Waals surface area (Å²) in [5.41, 5.74) is 2.85. The van der Waals surface area contributed by atoms with Gasteiger partial charge in [-0.2, -0.15) is 0 Å². The third-order valence-electron chi connectivity index (χ3n) is 3.04. The van der Waals surface area contributed by atoms with Gasteiger partial charge in [0.05, 0.1) is 6.61 Å². The number of benzene rings is 2. The first kappa shape index (κ1) is 11.3. The van der Waals surface area contributed by atoms with E-state index in [1.807, 2.05) is 48.5 Å². The Kier molecular flexibility index (Phi) is 3.05. The second-order valence-electron chi connectivity index (χ2n) is 4.27. The molecule has 2 aromatic rings. The van der Waals surface area contributed by atoms with Gasteiger partial charge < -0.3 is 14.4 Å². The Morgan fingerprint density at radius 1 is 1.11 bits per heavy atom. The number of fused-ring (bicyclic) bond motifs is 1. The highest BCUT2D eigenvalue weighted by atomic mass is 16.5. The molecule has 3 rings (SSSR count). The Morgan fingerprint density at radius 2 is 1.94 bits per heavy atom. The molecule has 0 spiro atoms. The fourth-order valence-corrected chi connectivity index (χ4v) is 2.11. The predicted octanol–water partition coefficient (Wildman–Crippen LogP) is 1.48. The molecule has 1 aliphatic rings. The maximum Gasteiger partial charge on any atom is 0.495 e. The van der Waals surface area contributed by atoms with Gasteiger partial charge in [0.2, 0.25) is 0 Å². The zero-order valence-electron chi connectivity index (χ0n) is 9.87. The van der Waals surface area contributed by atoms with E-state index in [1.165, 1.54) is 0 Å².